The van der Waals surface area contributed by atoms with Gasteiger partial charge >= 0.3 is 0 Å². The van der Waals surface area contributed by atoms with Crippen LogP contribution in [0, 0.1) is 0 Å². The molecule has 1 aromatic heterocycles. The number of hydrogen-bond acceptors (Lipinski definition) is 3. The summed E-state index contributed by atoms with van der Waals surface area (Å²) in [7, 11) is 0. The zero-order valence-corrected chi connectivity index (χ0v) is 11.8. The van der Waals surface area contributed by atoms with E-state index in [9.17, 15) is 5.11 Å². The van der Waals surface area contributed by atoms with Crippen LogP contribution in [-0.4, -0.2) is 17.7 Å². The molecule has 2 N–H and O–H groups in total. The normalized spacial score (nSPS) is 14.8. The molecule has 3 heteroatoms. The summed E-state index contributed by atoms with van der Waals surface area (Å²) in [6, 6.07) is 4.20. The average molecular weight is 255 g/mol. The van der Waals surface area contributed by atoms with Gasteiger partial charge in [-0.2, -0.15) is 0 Å². The molecule has 1 heterocycles. The van der Waals surface area contributed by atoms with Gasteiger partial charge in [-0.1, -0.05) is 39.2 Å². The second-order valence-corrected chi connectivity index (χ2v) is 5.47. The van der Waals surface area contributed by atoms with Gasteiger partial charge in [0.15, 0.2) is 0 Å². The van der Waals surface area contributed by atoms with Crippen LogP contribution < -0.4 is 5.32 Å². The van der Waals surface area contributed by atoms with Gasteiger partial charge in [0.2, 0.25) is 0 Å². The van der Waals surface area contributed by atoms with Crippen LogP contribution >= 0.6 is 11.3 Å². The number of nitrogens with one attached hydrogen (secondary N) is 1. The summed E-state index contributed by atoms with van der Waals surface area (Å²) in [6.07, 6.45) is 5.69. The standard InChI is InChI=1S/C14H25NOS/c1-3-5-6-7-10-15-12(4-2)14(16)13-9-8-11-17-13/h8-9,11-12,14-16H,3-7,10H2,1-2H3. The molecule has 2 unspecified atom stereocenters. The fourth-order valence-corrected chi connectivity index (χ4v) is 2.75. The Hall–Kier alpha value is -0.380. The number of unbranched alkanes of at least 4 members (excludes halogenated alkanes) is 3. The molecule has 0 aliphatic rings. The summed E-state index contributed by atoms with van der Waals surface area (Å²) in [5.74, 6) is 0. The lowest BCUT2D eigenvalue weighted by molar-refractivity contribution is 0.129. The maximum Gasteiger partial charge on any atom is 0.103 e. The molecule has 2 nitrogen and oxygen atoms in total. The third kappa shape index (κ3) is 5.19. The van der Waals surface area contributed by atoms with Gasteiger partial charge in [0.25, 0.3) is 0 Å². The van der Waals surface area contributed by atoms with Gasteiger partial charge in [0, 0.05) is 10.9 Å². The minimum absolute atomic E-state index is 0.190. The highest BCUT2D eigenvalue weighted by Crippen LogP contribution is 2.23. The number of aliphatic hydroxyl groups is 1. The summed E-state index contributed by atoms with van der Waals surface area (Å²) in [6.45, 7) is 5.37. The fraction of sp³-hybridized carbons (Fsp3) is 0.714. The zero-order valence-electron chi connectivity index (χ0n) is 11.0. The second kappa shape index (κ2) is 8.67. The number of rotatable bonds is 9. The molecule has 2 atom stereocenters. The van der Waals surface area contributed by atoms with Gasteiger partial charge in [-0.05, 0) is 30.8 Å². The monoisotopic (exact) mass is 255 g/mol. The molecular formula is C14H25NOS. The van der Waals surface area contributed by atoms with Crippen molar-refractivity contribution in [3.63, 3.8) is 0 Å². The Morgan fingerprint density at radius 2 is 2.12 bits per heavy atom. The molecule has 0 fully saturated rings. The Kier molecular flexibility index (Phi) is 7.49. The molecule has 0 spiro atoms. The van der Waals surface area contributed by atoms with Crippen LogP contribution in [0.15, 0.2) is 17.5 Å². The maximum absolute atomic E-state index is 10.2. The Balaban J connectivity index is 2.28. The smallest absolute Gasteiger partial charge is 0.103 e. The van der Waals surface area contributed by atoms with E-state index >= 15 is 0 Å². The molecule has 0 bridgehead atoms. The van der Waals surface area contributed by atoms with Gasteiger partial charge in [0.1, 0.15) is 6.10 Å². The van der Waals surface area contributed by atoms with E-state index in [-0.39, 0.29) is 12.1 Å². The quantitative estimate of drug-likeness (QED) is 0.659. The Morgan fingerprint density at radius 3 is 2.71 bits per heavy atom. The topological polar surface area (TPSA) is 32.3 Å². The molecular weight excluding hydrogens is 230 g/mol. The lowest BCUT2D eigenvalue weighted by Crippen LogP contribution is -2.34. The minimum Gasteiger partial charge on any atom is -0.386 e. The molecule has 0 saturated heterocycles. The van der Waals surface area contributed by atoms with Crippen molar-refractivity contribution in [2.45, 2.75) is 58.1 Å². The second-order valence-electron chi connectivity index (χ2n) is 4.49. The first-order valence-corrected chi connectivity index (χ1v) is 7.62. The molecule has 1 rings (SSSR count). The van der Waals surface area contributed by atoms with Crippen molar-refractivity contribution in [2.75, 3.05) is 6.54 Å². The lowest BCUT2D eigenvalue weighted by Gasteiger charge is -2.22. The van der Waals surface area contributed by atoms with Crippen LogP contribution in [0.25, 0.3) is 0 Å². The molecule has 98 valence electrons. The summed E-state index contributed by atoms with van der Waals surface area (Å²) < 4.78 is 0. The van der Waals surface area contributed by atoms with Crippen LogP contribution in [-0.2, 0) is 0 Å². The van der Waals surface area contributed by atoms with Gasteiger partial charge in [-0.25, -0.2) is 0 Å². The predicted molar refractivity (Wildman–Crippen MR) is 75.5 cm³/mol. The van der Waals surface area contributed by atoms with Crippen molar-refractivity contribution in [1.29, 1.82) is 0 Å². The van der Waals surface area contributed by atoms with Gasteiger partial charge < -0.3 is 10.4 Å². The largest absolute Gasteiger partial charge is 0.386 e. The van der Waals surface area contributed by atoms with Gasteiger partial charge in [-0.15, -0.1) is 11.3 Å². The van der Waals surface area contributed by atoms with E-state index in [0.29, 0.717) is 0 Å². The first-order chi connectivity index (χ1) is 8.29. The highest BCUT2D eigenvalue weighted by Gasteiger charge is 2.18. The van der Waals surface area contributed by atoms with Gasteiger partial charge in [-0.3, -0.25) is 0 Å². The highest BCUT2D eigenvalue weighted by molar-refractivity contribution is 7.10. The summed E-state index contributed by atoms with van der Waals surface area (Å²) in [5, 5.41) is 15.7. The van der Waals surface area contributed by atoms with E-state index in [1.807, 2.05) is 17.5 Å². The van der Waals surface area contributed by atoms with Crippen LogP contribution in [0.2, 0.25) is 0 Å². The highest BCUT2D eigenvalue weighted by atomic mass is 32.1. The zero-order chi connectivity index (χ0) is 12.5. The molecule has 0 aliphatic carbocycles. The predicted octanol–water partition coefficient (Wildman–Crippen LogP) is 3.73. The van der Waals surface area contributed by atoms with E-state index in [2.05, 4.69) is 19.2 Å². The first-order valence-electron chi connectivity index (χ1n) is 6.74. The van der Waals surface area contributed by atoms with Crippen LogP contribution in [0.5, 0.6) is 0 Å². The van der Waals surface area contributed by atoms with E-state index in [1.54, 1.807) is 11.3 Å². The van der Waals surface area contributed by atoms with Crippen molar-refractivity contribution in [1.82, 2.24) is 5.32 Å². The van der Waals surface area contributed by atoms with Gasteiger partial charge in [0.05, 0.1) is 0 Å². The van der Waals surface area contributed by atoms with Crippen LogP contribution in [0.1, 0.15) is 56.9 Å². The van der Waals surface area contributed by atoms with Crippen molar-refractivity contribution >= 4 is 11.3 Å². The van der Waals surface area contributed by atoms with E-state index in [4.69, 9.17) is 0 Å². The summed E-state index contributed by atoms with van der Waals surface area (Å²) in [5.41, 5.74) is 0. The number of thiophene rings is 1. The van der Waals surface area contributed by atoms with Crippen molar-refractivity contribution in [2.24, 2.45) is 0 Å². The number of hydrogen-bond donors (Lipinski definition) is 2. The minimum atomic E-state index is -0.355. The third-order valence-corrected chi connectivity index (χ3v) is 4.04. The molecule has 17 heavy (non-hydrogen) atoms. The summed E-state index contributed by atoms with van der Waals surface area (Å²) >= 11 is 1.63. The van der Waals surface area contributed by atoms with Crippen molar-refractivity contribution in [3.05, 3.63) is 22.4 Å². The third-order valence-electron chi connectivity index (χ3n) is 3.09. The molecule has 1 aromatic rings. The van der Waals surface area contributed by atoms with Crippen molar-refractivity contribution in [3.8, 4) is 0 Å². The Bertz CT molecular complexity index is 274. The van der Waals surface area contributed by atoms with Crippen LogP contribution in [0.4, 0.5) is 0 Å². The molecule has 0 amide bonds. The fourth-order valence-electron chi connectivity index (χ4n) is 1.98. The maximum atomic E-state index is 10.2. The Labute approximate surface area is 109 Å². The van der Waals surface area contributed by atoms with E-state index in [0.717, 1.165) is 17.8 Å². The average Bonchev–Trinajstić information content (AvgIpc) is 2.87. The first kappa shape index (κ1) is 14.7. The number of aliphatic hydroxyl groups excluding tert-OH is 1. The van der Waals surface area contributed by atoms with E-state index in [1.165, 1.54) is 25.7 Å². The van der Waals surface area contributed by atoms with Crippen LogP contribution in [0.3, 0.4) is 0 Å². The summed E-state index contributed by atoms with van der Waals surface area (Å²) in [4.78, 5) is 1.07. The molecule has 0 aliphatic heterocycles. The van der Waals surface area contributed by atoms with Crippen molar-refractivity contribution < 1.29 is 5.11 Å². The lowest BCUT2D eigenvalue weighted by atomic mass is 10.1. The SMILES string of the molecule is CCCCCCNC(CC)C(O)c1cccs1. The van der Waals surface area contributed by atoms with E-state index < -0.39 is 0 Å². The Morgan fingerprint density at radius 1 is 1.29 bits per heavy atom. The molecule has 0 radical (unpaired) electrons. The molecule has 0 aromatic carbocycles. The molecule has 0 saturated carbocycles.